The summed E-state index contributed by atoms with van der Waals surface area (Å²) in [5.41, 5.74) is 0. The van der Waals surface area contributed by atoms with E-state index in [1.807, 2.05) is 0 Å². The Labute approximate surface area is 127 Å². The molecular weight excluding hydrogens is 240 g/mol. The van der Waals surface area contributed by atoms with Crippen LogP contribution in [-0.4, -0.2) is 0 Å². The highest BCUT2D eigenvalue weighted by atomic mass is 14.0. The van der Waals surface area contributed by atoms with Crippen molar-refractivity contribution >= 4 is 21.5 Å². The average Bonchev–Trinajstić information content (AvgIpc) is 2.29. The van der Waals surface area contributed by atoms with Crippen LogP contribution in [0.15, 0.2) is 60.7 Å². The van der Waals surface area contributed by atoms with Gasteiger partial charge in [-0.15, -0.1) is 0 Å². The third-order valence-corrected chi connectivity index (χ3v) is 2.65. The van der Waals surface area contributed by atoms with Crippen molar-refractivity contribution in [2.45, 2.75) is 44.6 Å². The minimum atomic E-state index is 0. The highest BCUT2D eigenvalue weighted by Gasteiger charge is 1.97. The molecule has 0 unspecified atom stereocenters. The second-order valence-corrected chi connectivity index (χ2v) is 3.51. The summed E-state index contributed by atoms with van der Waals surface area (Å²) < 4.78 is 0. The van der Waals surface area contributed by atoms with E-state index in [-0.39, 0.29) is 44.6 Å². The van der Waals surface area contributed by atoms with Gasteiger partial charge in [-0.25, -0.2) is 0 Å². The van der Waals surface area contributed by atoms with E-state index in [0.29, 0.717) is 0 Å². The number of benzene rings is 3. The fourth-order valence-corrected chi connectivity index (χ4v) is 1.95. The van der Waals surface area contributed by atoms with Crippen molar-refractivity contribution in [1.82, 2.24) is 0 Å². The Bertz CT molecular complexity index is 539. The van der Waals surface area contributed by atoms with Gasteiger partial charge in [0.2, 0.25) is 0 Å². The highest BCUT2D eigenvalue weighted by molar-refractivity contribution is 6.07. The topological polar surface area (TPSA) is 0 Å². The lowest BCUT2D eigenvalue weighted by molar-refractivity contribution is 1.76. The molecule has 0 heterocycles. The summed E-state index contributed by atoms with van der Waals surface area (Å²) in [7, 11) is 0. The molecule has 3 rings (SSSR count). The first-order valence-electron chi connectivity index (χ1n) is 4.82. The Hall–Kier alpha value is -1.82. The first-order chi connectivity index (χ1) is 6.95. The van der Waals surface area contributed by atoms with E-state index < -0.39 is 0 Å². The first kappa shape index (κ1) is 26.7. The van der Waals surface area contributed by atoms with E-state index in [4.69, 9.17) is 0 Å². The van der Waals surface area contributed by atoms with Crippen molar-refractivity contribution in [3.63, 3.8) is 0 Å². The Morgan fingerprint density at radius 2 is 0.650 bits per heavy atom. The molecular formula is C20H34. The van der Waals surface area contributed by atoms with Crippen molar-refractivity contribution in [3.8, 4) is 0 Å². The van der Waals surface area contributed by atoms with Gasteiger partial charge in [-0.05, 0) is 21.5 Å². The van der Waals surface area contributed by atoms with Crippen LogP contribution >= 0.6 is 0 Å². The van der Waals surface area contributed by atoms with Crippen LogP contribution in [0.4, 0.5) is 0 Å². The van der Waals surface area contributed by atoms with Crippen molar-refractivity contribution in [1.29, 1.82) is 0 Å². The monoisotopic (exact) mass is 274 g/mol. The Kier molecular flexibility index (Phi) is 14.7. The van der Waals surface area contributed by atoms with Gasteiger partial charge in [0.1, 0.15) is 0 Å². The third kappa shape index (κ3) is 4.38. The predicted molar refractivity (Wildman–Crippen MR) is 102 cm³/mol. The molecule has 0 heteroatoms. The maximum Gasteiger partial charge on any atom is -0.0105 e. The van der Waals surface area contributed by atoms with Gasteiger partial charge in [0, 0.05) is 0 Å². The van der Waals surface area contributed by atoms with Gasteiger partial charge >= 0.3 is 0 Å². The lowest BCUT2D eigenvalue weighted by Crippen LogP contribution is -1.75. The highest BCUT2D eigenvalue weighted by Crippen LogP contribution is 2.24. The molecule has 0 aliphatic carbocycles. The zero-order valence-corrected chi connectivity index (χ0v) is 7.77. The van der Waals surface area contributed by atoms with E-state index in [2.05, 4.69) is 60.7 Å². The maximum absolute atomic E-state index is 2.18. The lowest BCUT2D eigenvalue weighted by atomic mass is 10.0. The Morgan fingerprint density at radius 3 is 1.00 bits per heavy atom. The zero-order chi connectivity index (χ0) is 9.38. The van der Waals surface area contributed by atoms with Crippen LogP contribution in [0.1, 0.15) is 44.6 Å². The van der Waals surface area contributed by atoms with Crippen LogP contribution in [-0.2, 0) is 0 Å². The van der Waals surface area contributed by atoms with Crippen molar-refractivity contribution in [2.24, 2.45) is 0 Å². The fraction of sp³-hybridized carbons (Fsp3) is 0.300. The molecule has 0 atom stereocenters. The molecule has 0 aliphatic rings. The van der Waals surface area contributed by atoms with Crippen LogP contribution in [0.25, 0.3) is 21.5 Å². The maximum atomic E-state index is 2.18. The molecule has 0 saturated carbocycles. The van der Waals surface area contributed by atoms with Gasteiger partial charge in [-0.3, -0.25) is 0 Å². The molecule has 0 N–H and O–H groups in total. The summed E-state index contributed by atoms with van der Waals surface area (Å²) in [4.78, 5) is 0. The van der Waals surface area contributed by atoms with Gasteiger partial charge in [-0.1, -0.05) is 105 Å². The number of hydrogen-bond acceptors (Lipinski definition) is 0. The SMILES string of the molecule is C.C.C.C.C.C.c1ccc2c(c1)ccc1ccccc12. The van der Waals surface area contributed by atoms with E-state index in [1.165, 1.54) is 21.5 Å². The van der Waals surface area contributed by atoms with Gasteiger partial charge in [0.25, 0.3) is 0 Å². The minimum absolute atomic E-state index is 0. The molecule has 3 aromatic rings. The Balaban J connectivity index is -0.000000213. The molecule has 0 aromatic heterocycles. The molecule has 0 saturated heterocycles. The molecule has 0 amide bonds. The van der Waals surface area contributed by atoms with Crippen molar-refractivity contribution < 1.29 is 0 Å². The summed E-state index contributed by atoms with van der Waals surface area (Å²) >= 11 is 0. The van der Waals surface area contributed by atoms with Crippen molar-refractivity contribution in [3.05, 3.63) is 60.7 Å². The summed E-state index contributed by atoms with van der Waals surface area (Å²) in [6.45, 7) is 0. The second kappa shape index (κ2) is 11.0. The molecule has 114 valence electrons. The minimum Gasteiger partial charge on any atom is -0.0776 e. The number of rotatable bonds is 0. The molecule has 0 fully saturated rings. The van der Waals surface area contributed by atoms with Gasteiger partial charge in [0.05, 0.1) is 0 Å². The first-order valence-corrected chi connectivity index (χ1v) is 4.82. The predicted octanol–water partition coefficient (Wildman–Crippen LogP) is 7.81. The van der Waals surface area contributed by atoms with E-state index >= 15 is 0 Å². The standard InChI is InChI=1S/C14H10.6CH4/c1-3-7-13-11(5-1)9-10-12-6-2-4-8-14(12)13;;;;;;/h1-10H;6*1H4. The number of fused-ring (bicyclic) bond motifs is 3. The van der Waals surface area contributed by atoms with Crippen molar-refractivity contribution in [2.75, 3.05) is 0 Å². The largest absolute Gasteiger partial charge is 0.0776 e. The summed E-state index contributed by atoms with van der Waals surface area (Å²) in [5, 5.41) is 5.30. The number of hydrogen-bond donors (Lipinski definition) is 0. The molecule has 0 aliphatic heterocycles. The molecule has 0 spiro atoms. The van der Waals surface area contributed by atoms with Crippen LogP contribution in [0.3, 0.4) is 0 Å². The van der Waals surface area contributed by atoms with Gasteiger partial charge in [-0.2, -0.15) is 0 Å². The molecule has 0 nitrogen and oxygen atoms in total. The van der Waals surface area contributed by atoms with E-state index in [9.17, 15) is 0 Å². The smallest absolute Gasteiger partial charge is 0.0105 e. The third-order valence-electron chi connectivity index (χ3n) is 2.65. The van der Waals surface area contributed by atoms with Crippen LogP contribution in [0.2, 0.25) is 0 Å². The lowest BCUT2D eigenvalue weighted by Gasteiger charge is -2.02. The summed E-state index contributed by atoms with van der Waals surface area (Å²) in [6.07, 6.45) is 0. The molecule has 0 radical (unpaired) electrons. The normalized spacial score (nSPS) is 7.60. The van der Waals surface area contributed by atoms with E-state index in [0.717, 1.165) is 0 Å². The molecule has 0 bridgehead atoms. The van der Waals surface area contributed by atoms with E-state index in [1.54, 1.807) is 0 Å². The van der Waals surface area contributed by atoms with Gasteiger partial charge in [0.15, 0.2) is 0 Å². The fourth-order valence-electron chi connectivity index (χ4n) is 1.95. The van der Waals surface area contributed by atoms with Gasteiger partial charge < -0.3 is 0 Å². The average molecular weight is 274 g/mol. The molecule has 3 aromatic carbocycles. The van der Waals surface area contributed by atoms with Crippen LogP contribution < -0.4 is 0 Å². The van der Waals surface area contributed by atoms with Crippen LogP contribution in [0.5, 0.6) is 0 Å². The molecule has 20 heavy (non-hydrogen) atoms. The quantitative estimate of drug-likeness (QED) is 0.367. The Morgan fingerprint density at radius 1 is 0.350 bits per heavy atom. The summed E-state index contributed by atoms with van der Waals surface area (Å²) in [6, 6.07) is 21.4. The summed E-state index contributed by atoms with van der Waals surface area (Å²) in [5.74, 6) is 0. The second-order valence-electron chi connectivity index (χ2n) is 3.51. The van der Waals surface area contributed by atoms with Crippen LogP contribution in [0, 0.1) is 0 Å². The zero-order valence-electron chi connectivity index (χ0n) is 7.77.